The van der Waals surface area contributed by atoms with Crippen LogP contribution in [0.1, 0.15) is 5.56 Å². The van der Waals surface area contributed by atoms with Crippen molar-refractivity contribution in [2.45, 2.75) is 6.61 Å². The summed E-state index contributed by atoms with van der Waals surface area (Å²) < 4.78 is 4.41. The Kier molecular flexibility index (Phi) is 3.38. The molecule has 1 aromatic carbocycles. The standard InChI is InChI=1S/C8H5Cl2O2/c9-7-1-6(4-12-5-11)2-8(10)3-7/h1-3H,4H2. The Morgan fingerprint density at radius 3 is 2.33 bits per heavy atom. The second-order valence-electron chi connectivity index (χ2n) is 2.15. The molecule has 0 atom stereocenters. The van der Waals surface area contributed by atoms with Crippen LogP contribution in [0.4, 0.5) is 0 Å². The molecule has 4 heteroatoms. The van der Waals surface area contributed by atoms with Crippen molar-refractivity contribution in [2.75, 3.05) is 0 Å². The van der Waals surface area contributed by atoms with Crippen molar-refractivity contribution in [3.63, 3.8) is 0 Å². The van der Waals surface area contributed by atoms with Crippen molar-refractivity contribution in [3.8, 4) is 0 Å². The van der Waals surface area contributed by atoms with E-state index in [0.717, 1.165) is 5.56 Å². The molecule has 1 radical (unpaired) electrons. The highest BCUT2D eigenvalue weighted by Gasteiger charge is 1.97. The molecular weight excluding hydrogens is 199 g/mol. The zero-order chi connectivity index (χ0) is 8.97. The molecule has 0 spiro atoms. The highest BCUT2D eigenvalue weighted by atomic mass is 35.5. The van der Waals surface area contributed by atoms with Gasteiger partial charge in [0.1, 0.15) is 6.61 Å². The smallest absolute Gasteiger partial charge is 0.417 e. The number of hydrogen-bond donors (Lipinski definition) is 0. The summed E-state index contributed by atoms with van der Waals surface area (Å²) in [6.07, 6.45) is 0. The molecule has 0 saturated heterocycles. The minimum atomic E-state index is 0.143. The van der Waals surface area contributed by atoms with Gasteiger partial charge in [0, 0.05) is 10.0 Å². The molecule has 0 saturated carbocycles. The zero-order valence-electron chi connectivity index (χ0n) is 6.01. The van der Waals surface area contributed by atoms with Crippen LogP contribution in [0.3, 0.4) is 0 Å². The Bertz CT molecular complexity index is 266. The lowest BCUT2D eigenvalue weighted by molar-refractivity contribution is 0.267. The minimum Gasteiger partial charge on any atom is -0.452 e. The summed E-state index contributed by atoms with van der Waals surface area (Å²) in [5, 5.41) is 1.04. The molecule has 0 aliphatic carbocycles. The summed E-state index contributed by atoms with van der Waals surface area (Å²) in [5.74, 6) is 0. The molecule has 0 heterocycles. The molecule has 0 unspecified atom stereocenters. The number of carbonyl (C=O) groups excluding carboxylic acids is 1. The molecule has 0 aliphatic heterocycles. The van der Waals surface area contributed by atoms with Gasteiger partial charge < -0.3 is 4.74 Å². The molecule has 0 aromatic heterocycles. The van der Waals surface area contributed by atoms with Gasteiger partial charge in [-0.05, 0) is 23.8 Å². The number of rotatable bonds is 3. The Labute approximate surface area is 80.0 Å². The lowest BCUT2D eigenvalue weighted by Crippen LogP contribution is -1.89. The Morgan fingerprint density at radius 1 is 1.25 bits per heavy atom. The van der Waals surface area contributed by atoms with Gasteiger partial charge in [-0.2, -0.15) is 0 Å². The van der Waals surface area contributed by atoms with Crippen molar-refractivity contribution < 1.29 is 9.53 Å². The van der Waals surface area contributed by atoms with Crippen LogP contribution in [0, 0.1) is 0 Å². The van der Waals surface area contributed by atoms with Gasteiger partial charge in [0.15, 0.2) is 0 Å². The molecule has 0 N–H and O–H groups in total. The van der Waals surface area contributed by atoms with E-state index in [0.29, 0.717) is 10.0 Å². The van der Waals surface area contributed by atoms with Crippen LogP contribution in [0.2, 0.25) is 10.0 Å². The first-order valence-corrected chi connectivity index (χ1v) is 3.92. The average molecular weight is 204 g/mol. The molecule has 1 rings (SSSR count). The Balaban J connectivity index is 2.78. The normalized spacial score (nSPS) is 9.50. The fraction of sp³-hybridized carbons (Fsp3) is 0.125. The third kappa shape index (κ3) is 2.72. The molecule has 0 aliphatic rings. The van der Waals surface area contributed by atoms with Gasteiger partial charge in [0.05, 0.1) is 0 Å². The van der Waals surface area contributed by atoms with Gasteiger partial charge in [-0.15, -0.1) is 0 Å². The van der Waals surface area contributed by atoms with E-state index >= 15 is 0 Å². The van der Waals surface area contributed by atoms with Crippen LogP contribution in [0.15, 0.2) is 18.2 Å². The number of ether oxygens (including phenoxy) is 1. The van der Waals surface area contributed by atoms with Crippen LogP contribution in [-0.2, 0) is 16.1 Å². The summed E-state index contributed by atoms with van der Waals surface area (Å²) in [6.45, 7) is 1.46. The maximum atomic E-state index is 9.73. The molecular formula is C8H5Cl2O2. The predicted molar refractivity (Wildman–Crippen MR) is 46.9 cm³/mol. The predicted octanol–water partition coefficient (Wildman–Crippen LogP) is 2.58. The Morgan fingerprint density at radius 2 is 1.83 bits per heavy atom. The summed E-state index contributed by atoms with van der Waals surface area (Å²) in [6, 6.07) is 4.95. The van der Waals surface area contributed by atoms with Gasteiger partial charge in [0.2, 0.25) is 0 Å². The number of hydrogen-bond acceptors (Lipinski definition) is 2. The van der Waals surface area contributed by atoms with E-state index in [1.807, 2.05) is 0 Å². The molecule has 0 fully saturated rings. The van der Waals surface area contributed by atoms with E-state index in [-0.39, 0.29) is 6.61 Å². The molecule has 12 heavy (non-hydrogen) atoms. The van der Waals surface area contributed by atoms with Crippen molar-refractivity contribution >= 4 is 29.7 Å². The molecule has 1 aromatic rings. The van der Waals surface area contributed by atoms with Gasteiger partial charge in [-0.25, -0.2) is 4.79 Å². The van der Waals surface area contributed by atoms with E-state index in [1.165, 1.54) is 6.47 Å². The van der Waals surface area contributed by atoms with E-state index in [2.05, 4.69) is 4.74 Å². The highest BCUT2D eigenvalue weighted by Crippen LogP contribution is 2.19. The van der Waals surface area contributed by atoms with Gasteiger partial charge in [-0.3, -0.25) is 0 Å². The van der Waals surface area contributed by atoms with Gasteiger partial charge in [-0.1, -0.05) is 23.2 Å². The maximum absolute atomic E-state index is 9.73. The van der Waals surface area contributed by atoms with E-state index in [9.17, 15) is 4.79 Å². The minimum absolute atomic E-state index is 0.143. The second-order valence-corrected chi connectivity index (χ2v) is 3.02. The van der Waals surface area contributed by atoms with Crippen LogP contribution in [0.5, 0.6) is 0 Å². The fourth-order valence-corrected chi connectivity index (χ4v) is 1.38. The fourth-order valence-electron chi connectivity index (χ4n) is 0.807. The highest BCUT2D eigenvalue weighted by molar-refractivity contribution is 6.34. The molecule has 63 valence electrons. The topological polar surface area (TPSA) is 26.3 Å². The zero-order valence-corrected chi connectivity index (χ0v) is 7.52. The van der Waals surface area contributed by atoms with Crippen molar-refractivity contribution in [1.82, 2.24) is 0 Å². The van der Waals surface area contributed by atoms with Crippen LogP contribution in [-0.4, -0.2) is 6.47 Å². The SMILES string of the molecule is O=[C]OCc1cc(Cl)cc(Cl)c1. The third-order valence-corrected chi connectivity index (χ3v) is 1.66. The summed E-state index contributed by atoms with van der Waals surface area (Å²) in [4.78, 5) is 9.73. The van der Waals surface area contributed by atoms with Gasteiger partial charge in [0.25, 0.3) is 0 Å². The summed E-state index contributed by atoms with van der Waals surface area (Å²) >= 11 is 11.4. The van der Waals surface area contributed by atoms with Crippen molar-refractivity contribution in [2.24, 2.45) is 0 Å². The van der Waals surface area contributed by atoms with E-state index in [1.54, 1.807) is 18.2 Å². The monoisotopic (exact) mass is 203 g/mol. The van der Waals surface area contributed by atoms with Crippen molar-refractivity contribution in [3.05, 3.63) is 33.8 Å². The van der Waals surface area contributed by atoms with E-state index in [4.69, 9.17) is 23.2 Å². The quantitative estimate of drug-likeness (QED) is 0.756. The van der Waals surface area contributed by atoms with E-state index < -0.39 is 0 Å². The Hall–Kier alpha value is -0.730. The van der Waals surface area contributed by atoms with Crippen LogP contribution in [0.25, 0.3) is 0 Å². The lowest BCUT2D eigenvalue weighted by Gasteiger charge is -2.00. The number of halogens is 2. The van der Waals surface area contributed by atoms with Gasteiger partial charge >= 0.3 is 6.47 Å². The first-order valence-electron chi connectivity index (χ1n) is 3.16. The van der Waals surface area contributed by atoms with Crippen LogP contribution >= 0.6 is 23.2 Å². The van der Waals surface area contributed by atoms with Crippen molar-refractivity contribution in [1.29, 1.82) is 0 Å². The molecule has 0 bridgehead atoms. The number of benzene rings is 1. The summed E-state index contributed by atoms with van der Waals surface area (Å²) in [7, 11) is 0. The molecule has 2 nitrogen and oxygen atoms in total. The first-order chi connectivity index (χ1) is 5.72. The lowest BCUT2D eigenvalue weighted by atomic mass is 10.2. The molecule has 0 amide bonds. The second kappa shape index (κ2) is 4.33. The third-order valence-electron chi connectivity index (χ3n) is 1.22. The first kappa shape index (κ1) is 9.36. The summed E-state index contributed by atoms with van der Waals surface area (Å²) in [5.41, 5.74) is 0.746. The van der Waals surface area contributed by atoms with Crippen LogP contribution < -0.4 is 0 Å². The largest absolute Gasteiger partial charge is 0.452 e. The average Bonchev–Trinajstić information content (AvgIpc) is 1.99. The maximum Gasteiger partial charge on any atom is 0.417 e.